The lowest BCUT2D eigenvalue weighted by molar-refractivity contribution is -0.138. The summed E-state index contributed by atoms with van der Waals surface area (Å²) < 4.78 is 45.9. The Morgan fingerprint density at radius 2 is 2.10 bits per heavy atom. The van der Waals surface area contributed by atoms with Crippen molar-refractivity contribution in [2.45, 2.75) is 18.1 Å². The van der Waals surface area contributed by atoms with E-state index >= 15 is 0 Å². The number of carbonyl (C=O) groups is 1. The Hall–Kier alpha value is -3.03. The number of thioether (sulfide) groups is 1. The van der Waals surface area contributed by atoms with E-state index in [0.29, 0.717) is 16.3 Å². The summed E-state index contributed by atoms with van der Waals surface area (Å²) in [5.74, 6) is -0.238. The number of aryl methyl sites for hydroxylation is 1. The van der Waals surface area contributed by atoms with E-state index in [1.807, 2.05) is 13.0 Å². The molecule has 1 amide bonds. The summed E-state index contributed by atoms with van der Waals surface area (Å²) in [5.41, 5.74) is -0.222. The number of nitrogens with one attached hydrogen (secondary N) is 1. The standard InChI is InChI=1S/C21H16F3N3O2S2/c1-12-5-6-17(29-2)15(8-12)26-19(28)11-31-20-13(10-25)14(21(22,23)24)9-16(27-20)18-4-3-7-30-18/h3-9H,11H2,1-2H3,(H,26,28). The number of ether oxygens (including phenoxy) is 1. The number of halogens is 3. The minimum absolute atomic E-state index is 0.101. The number of amides is 1. The number of carbonyl (C=O) groups excluding carboxylic acids is 1. The van der Waals surface area contributed by atoms with Crippen LogP contribution in [-0.2, 0) is 11.0 Å². The van der Waals surface area contributed by atoms with Crippen LogP contribution in [0.5, 0.6) is 5.75 Å². The summed E-state index contributed by atoms with van der Waals surface area (Å²) in [7, 11) is 1.47. The van der Waals surface area contributed by atoms with E-state index in [2.05, 4.69) is 10.3 Å². The monoisotopic (exact) mass is 463 g/mol. The highest BCUT2D eigenvalue weighted by Gasteiger charge is 2.36. The van der Waals surface area contributed by atoms with Gasteiger partial charge in [-0.3, -0.25) is 4.79 Å². The van der Waals surface area contributed by atoms with E-state index in [-0.39, 0.29) is 16.5 Å². The number of benzene rings is 1. The molecule has 0 saturated carbocycles. The number of alkyl halides is 3. The number of pyridine rings is 1. The Kier molecular flexibility index (Phi) is 6.87. The highest BCUT2D eigenvalue weighted by atomic mass is 32.2. The zero-order valence-corrected chi connectivity index (χ0v) is 18.0. The van der Waals surface area contributed by atoms with Gasteiger partial charge in [0.1, 0.15) is 16.8 Å². The van der Waals surface area contributed by atoms with Crippen molar-refractivity contribution >= 4 is 34.7 Å². The third-order valence-electron chi connectivity index (χ3n) is 4.15. The largest absolute Gasteiger partial charge is 0.495 e. The number of anilines is 1. The van der Waals surface area contributed by atoms with Gasteiger partial charge in [0.25, 0.3) is 0 Å². The number of hydrogen-bond acceptors (Lipinski definition) is 6. The maximum absolute atomic E-state index is 13.6. The first-order valence-corrected chi connectivity index (χ1v) is 10.7. The van der Waals surface area contributed by atoms with Crippen LogP contribution in [0.1, 0.15) is 16.7 Å². The Morgan fingerprint density at radius 3 is 2.71 bits per heavy atom. The maximum Gasteiger partial charge on any atom is 0.417 e. The van der Waals surface area contributed by atoms with Crippen molar-refractivity contribution in [2.24, 2.45) is 0 Å². The second kappa shape index (κ2) is 9.41. The lowest BCUT2D eigenvalue weighted by Crippen LogP contribution is -2.16. The highest BCUT2D eigenvalue weighted by Crippen LogP contribution is 2.38. The molecule has 0 radical (unpaired) electrons. The summed E-state index contributed by atoms with van der Waals surface area (Å²) in [6.07, 6.45) is -4.73. The Balaban J connectivity index is 1.89. The average Bonchev–Trinajstić information content (AvgIpc) is 3.26. The van der Waals surface area contributed by atoms with E-state index in [1.54, 1.807) is 35.7 Å². The van der Waals surface area contributed by atoms with Crippen LogP contribution in [0.25, 0.3) is 10.6 Å². The van der Waals surface area contributed by atoms with Gasteiger partial charge in [-0.05, 0) is 42.1 Å². The van der Waals surface area contributed by atoms with Crippen molar-refractivity contribution in [3.8, 4) is 22.4 Å². The normalized spacial score (nSPS) is 11.1. The molecule has 0 aliphatic rings. The van der Waals surface area contributed by atoms with Gasteiger partial charge in [-0.25, -0.2) is 4.98 Å². The van der Waals surface area contributed by atoms with Gasteiger partial charge < -0.3 is 10.1 Å². The molecule has 5 nitrogen and oxygen atoms in total. The van der Waals surface area contributed by atoms with Gasteiger partial charge >= 0.3 is 6.18 Å². The van der Waals surface area contributed by atoms with Crippen molar-refractivity contribution in [3.05, 3.63) is 58.5 Å². The quantitative estimate of drug-likeness (QED) is 0.471. The third kappa shape index (κ3) is 5.37. The zero-order chi connectivity index (χ0) is 22.6. The molecular weight excluding hydrogens is 447 g/mol. The Labute approximate surface area is 184 Å². The summed E-state index contributed by atoms with van der Waals surface area (Å²) in [6.45, 7) is 1.85. The first-order valence-electron chi connectivity index (χ1n) is 8.86. The molecule has 0 aliphatic heterocycles. The number of aromatic nitrogens is 1. The predicted molar refractivity (Wildman–Crippen MR) is 114 cm³/mol. The second-order valence-electron chi connectivity index (χ2n) is 6.36. The van der Waals surface area contributed by atoms with Gasteiger partial charge in [0.15, 0.2) is 0 Å². The van der Waals surface area contributed by atoms with E-state index in [4.69, 9.17) is 4.74 Å². The molecule has 3 rings (SSSR count). The van der Waals surface area contributed by atoms with E-state index in [0.717, 1.165) is 23.4 Å². The van der Waals surface area contributed by atoms with Crippen LogP contribution in [-0.4, -0.2) is 23.8 Å². The highest BCUT2D eigenvalue weighted by molar-refractivity contribution is 8.00. The molecule has 3 aromatic rings. The van der Waals surface area contributed by atoms with Gasteiger partial charge in [-0.1, -0.05) is 23.9 Å². The molecule has 1 aromatic carbocycles. The lowest BCUT2D eigenvalue weighted by atomic mass is 10.1. The molecule has 31 heavy (non-hydrogen) atoms. The Morgan fingerprint density at radius 1 is 1.32 bits per heavy atom. The summed E-state index contributed by atoms with van der Waals surface area (Å²) >= 11 is 2.01. The molecule has 0 bridgehead atoms. The fourth-order valence-electron chi connectivity index (χ4n) is 2.75. The molecule has 0 unspecified atom stereocenters. The lowest BCUT2D eigenvalue weighted by Gasteiger charge is -2.14. The van der Waals surface area contributed by atoms with Gasteiger partial charge in [-0.2, -0.15) is 18.4 Å². The van der Waals surface area contributed by atoms with Crippen molar-refractivity contribution in [2.75, 3.05) is 18.2 Å². The Bertz CT molecular complexity index is 1140. The van der Waals surface area contributed by atoms with Crippen molar-refractivity contribution in [3.63, 3.8) is 0 Å². The van der Waals surface area contributed by atoms with Crippen LogP contribution in [0.2, 0.25) is 0 Å². The molecule has 2 aromatic heterocycles. The number of rotatable bonds is 6. The minimum atomic E-state index is -4.73. The number of thiophene rings is 1. The van der Waals surface area contributed by atoms with Crippen molar-refractivity contribution < 1.29 is 22.7 Å². The molecule has 0 spiro atoms. The van der Waals surface area contributed by atoms with Gasteiger partial charge in [-0.15, -0.1) is 11.3 Å². The minimum Gasteiger partial charge on any atom is -0.495 e. The number of nitrogens with zero attached hydrogens (tertiary/aromatic N) is 2. The van der Waals surface area contributed by atoms with Crippen LogP contribution in [0.15, 0.2) is 46.8 Å². The molecule has 1 N–H and O–H groups in total. The topological polar surface area (TPSA) is 75.0 Å². The molecule has 160 valence electrons. The summed E-state index contributed by atoms with van der Waals surface area (Å²) in [6, 6.07) is 11.0. The van der Waals surface area contributed by atoms with Gasteiger partial charge in [0.05, 0.1) is 40.2 Å². The molecule has 0 saturated heterocycles. The summed E-state index contributed by atoms with van der Waals surface area (Å²) in [4.78, 5) is 17.2. The average molecular weight is 464 g/mol. The number of nitriles is 1. The maximum atomic E-state index is 13.6. The fourth-order valence-corrected chi connectivity index (χ4v) is 4.24. The van der Waals surface area contributed by atoms with Crippen LogP contribution < -0.4 is 10.1 Å². The molecule has 0 aliphatic carbocycles. The van der Waals surface area contributed by atoms with Crippen molar-refractivity contribution in [1.82, 2.24) is 4.98 Å². The third-order valence-corrected chi connectivity index (χ3v) is 6.01. The van der Waals surface area contributed by atoms with Gasteiger partial charge in [0, 0.05) is 0 Å². The molecule has 0 fully saturated rings. The van der Waals surface area contributed by atoms with Crippen LogP contribution >= 0.6 is 23.1 Å². The predicted octanol–water partition coefficient (Wildman–Crippen LogP) is 5.75. The van der Waals surface area contributed by atoms with Crippen LogP contribution in [0.3, 0.4) is 0 Å². The van der Waals surface area contributed by atoms with E-state index < -0.39 is 23.2 Å². The van der Waals surface area contributed by atoms with Crippen molar-refractivity contribution in [1.29, 1.82) is 5.26 Å². The zero-order valence-electron chi connectivity index (χ0n) is 16.4. The molecule has 10 heteroatoms. The molecule has 2 heterocycles. The van der Waals surface area contributed by atoms with Crippen LogP contribution in [0, 0.1) is 18.3 Å². The number of hydrogen-bond donors (Lipinski definition) is 1. The van der Waals surface area contributed by atoms with E-state index in [1.165, 1.54) is 18.4 Å². The first kappa shape index (κ1) is 22.7. The summed E-state index contributed by atoms with van der Waals surface area (Å²) in [5, 5.41) is 13.6. The van der Waals surface area contributed by atoms with Crippen LogP contribution in [0.4, 0.5) is 18.9 Å². The van der Waals surface area contributed by atoms with E-state index in [9.17, 15) is 23.2 Å². The fraction of sp³-hybridized carbons (Fsp3) is 0.190. The molecule has 0 atom stereocenters. The number of methoxy groups -OCH3 is 1. The SMILES string of the molecule is COc1ccc(C)cc1NC(=O)CSc1nc(-c2cccs2)cc(C(F)(F)F)c1C#N. The second-order valence-corrected chi connectivity index (χ2v) is 8.27. The molecular formula is C21H16F3N3O2S2. The smallest absolute Gasteiger partial charge is 0.417 e. The van der Waals surface area contributed by atoms with Gasteiger partial charge in [0.2, 0.25) is 5.91 Å². The first-order chi connectivity index (χ1) is 14.7.